The molecule has 1 aliphatic heterocycles. The summed E-state index contributed by atoms with van der Waals surface area (Å²) in [5.74, 6) is -0.359. The van der Waals surface area contributed by atoms with E-state index in [1.807, 2.05) is 19.1 Å². The Labute approximate surface area is 155 Å². The Bertz CT molecular complexity index is 733. The van der Waals surface area contributed by atoms with Crippen LogP contribution in [0.2, 0.25) is 0 Å². The van der Waals surface area contributed by atoms with Crippen LogP contribution in [0.1, 0.15) is 69.3 Å². The van der Waals surface area contributed by atoms with Gasteiger partial charge >= 0.3 is 6.03 Å². The second-order valence-electron chi connectivity index (χ2n) is 8.69. The molecule has 5 heteroatoms. The van der Waals surface area contributed by atoms with Crippen LogP contribution in [0.3, 0.4) is 0 Å². The van der Waals surface area contributed by atoms with Crippen molar-refractivity contribution >= 4 is 17.7 Å². The molecule has 3 amide bonds. The average molecular weight is 356 g/mol. The molecule has 0 bridgehead atoms. The number of rotatable bonds is 3. The van der Waals surface area contributed by atoms with Gasteiger partial charge in [-0.3, -0.25) is 14.5 Å². The van der Waals surface area contributed by atoms with Gasteiger partial charge in [-0.05, 0) is 29.7 Å². The van der Waals surface area contributed by atoms with Gasteiger partial charge in [-0.25, -0.2) is 4.79 Å². The highest BCUT2D eigenvalue weighted by molar-refractivity contribution is 6.11. The maximum Gasteiger partial charge on any atom is 0.325 e. The standard InChI is InChI=1S/C21H28N2O3/c1-14-7-5-6-12-21(14)18(25)23(19(26)22-21)13-17(24)15-8-10-16(11-9-15)20(2,3)4/h8-11,14H,5-7,12-13H2,1-4H3,(H,22,26)/t14-,21+/m0/s1. The monoisotopic (exact) mass is 356 g/mol. The summed E-state index contributed by atoms with van der Waals surface area (Å²) in [7, 11) is 0. The van der Waals surface area contributed by atoms with Gasteiger partial charge in [-0.1, -0.05) is 64.8 Å². The van der Waals surface area contributed by atoms with Crippen LogP contribution >= 0.6 is 0 Å². The number of Topliss-reactive ketones (excluding diaryl/α,β-unsaturated/α-hetero) is 1. The molecule has 2 atom stereocenters. The van der Waals surface area contributed by atoms with Crippen LogP contribution in [0.4, 0.5) is 4.79 Å². The minimum atomic E-state index is -0.814. The smallest absolute Gasteiger partial charge is 0.323 e. The number of urea groups is 1. The minimum Gasteiger partial charge on any atom is -0.323 e. The molecule has 0 unspecified atom stereocenters. The number of hydrogen-bond donors (Lipinski definition) is 1. The topological polar surface area (TPSA) is 66.5 Å². The lowest BCUT2D eigenvalue weighted by Gasteiger charge is -2.36. The number of imide groups is 1. The number of nitrogens with zero attached hydrogens (tertiary/aromatic N) is 1. The van der Waals surface area contributed by atoms with Crippen molar-refractivity contribution in [3.05, 3.63) is 35.4 Å². The van der Waals surface area contributed by atoms with Gasteiger partial charge in [-0.2, -0.15) is 0 Å². The van der Waals surface area contributed by atoms with Gasteiger partial charge in [-0.15, -0.1) is 0 Å². The molecule has 0 radical (unpaired) electrons. The van der Waals surface area contributed by atoms with Gasteiger partial charge < -0.3 is 5.32 Å². The van der Waals surface area contributed by atoms with Crippen LogP contribution < -0.4 is 5.32 Å². The highest BCUT2D eigenvalue weighted by atomic mass is 16.2. The van der Waals surface area contributed by atoms with Crippen molar-refractivity contribution in [2.75, 3.05) is 6.54 Å². The van der Waals surface area contributed by atoms with Gasteiger partial charge in [0.05, 0.1) is 6.54 Å². The van der Waals surface area contributed by atoms with E-state index in [-0.39, 0.29) is 29.6 Å². The fourth-order valence-corrected chi connectivity index (χ4v) is 4.03. The Hall–Kier alpha value is -2.17. The first-order chi connectivity index (χ1) is 12.1. The van der Waals surface area contributed by atoms with E-state index in [1.165, 1.54) is 0 Å². The van der Waals surface area contributed by atoms with Gasteiger partial charge in [0.25, 0.3) is 5.91 Å². The molecule has 1 spiro atoms. The Morgan fingerprint density at radius 3 is 2.42 bits per heavy atom. The zero-order valence-electron chi connectivity index (χ0n) is 16.1. The van der Waals surface area contributed by atoms with Crippen LogP contribution in [0.25, 0.3) is 0 Å². The zero-order chi connectivity index (χ0) is 19.1. The number of ketones is 1. The SMILES string of the molecule is C[C@H]1CCCC[C@@]12NC(=O)N(CC(=O)c1ccc(C(C)(C)C)cc1)C2=O. The lowest BCUT2D eigenvalue weighted by atomic mass is 9.73. The molecule has 26 heavy (non-hydrogen) atoms. The van der Waals surface area contributed by atoms with Crippen LogP contribution in [0.15, 0.2) is 24.3 Å². The first kappa shape index (κ1) is 18.6. The van der Waals surface area contributed by atoms with Crippen molar-refractivity contribution in [2.24, 2.45) is 5.92 Å². The predicted octanol–water partition coefficient (Wildman–Crippen LogP) is 3.67. The van der Waals surface area contributed by atoms with E-state index in [4.69, 9.17) is 0 Å². The van der Waals surface area contributed by atoms with Crippen molar-refractivity contribution in [3.63, 3.8) is 0 Å². The molecule has 2 fully saturated rings. The Kier molecular flexibility index (Phi) is 4.67. The van der Waals surface area contributed by atoms with E-state index in [0.29, 0.717) is 12.0 Å². The lowest BCUT2D eigenvalue weighted by molar-refractivity contribution is -0.133. The fourth-order valence-electron chi connectivity index (χ4n) is 4.03. The molecule has 1 aromatic rings. The van der Waals surface area contributed by atoms with Gasteiger partial charge in [0.2, 0.25) is 0 Å². The Balaban J connectivity index is 1.75. The Morgan fingerprint density at radius 2 is 1.85 bits per heavy atom. The second kappa shape index (κ2) is 6.53. The third-order valence-electron chi connectivity index (χ3n) is 5.88. The normalized spacial score (nSPS) is 26.3. The molecule has 1 heterocycles. The number of hydrogen-bond acceptors (Lipinski definition) is 3. The third-order valence-corrected chi connectivity index (χ3v) is 5.88. The van der Waals surface area contributed by atoms with Crippen molar-refractivity contribution < 1.29 is 14.4 Å². The quantitative estimate of drug-likeness (QED) is 0.664. The summed E-state index contributed by atoms with van der Waals surface area (Å²) < 4.78 is 0. The molecule has 1 aromatic carbocycles. The summed E-state index contributed by atoms with van der Waals surface area (Å²) in [5.41, 5.74) is 0.858. The van der Waals surface area contributed by atoms with Crippen molar-refractivity contribution in [1.82, 2.24) is 10.2 Å². The number of amides is 3. The summed E-state index contributed by atoms with van der Waals surface area (Å²) >= 11 is 0. The molecular formula is C21H28N2O3. The molecule has 0 aromatic heterocycles. The van der Waals surface area contributed by atoms with Crippen molar-refractivity contribution in [3.8, 4) is 0 Å². The minimum absolute atomic E-state index is 0.00981. The lowest BCUT2D eigenvalue weighted by Crippen LogP contribution is -2.54. The molecule has 5 nitrogen and oxygen atoms in total. The van der Waals surface area contributed by atoms with Crippen molar-refractivity contribution in [1.29, 1.82) is 0 Å². The maximum absolute atomic E-state index is 12.9. The average Bonchev–Trinajstić information content (AvgIpc) is 2.82. The molecule has 1 saturated carbocycles. The van der Waals surface area contributed by atoms with Gasteiger partial charge in [0, 0.05) is 5.56 Å². The number of carbonyl (C=O) groups excluding carboxylic acids is 3. The maximum atomic E-state index is 12.9. The summed E-state index contributed by atoms with van der Waals surface area (Å²) in [6.45, 7) is 8.15. The van der Waals surface area contributed by atoms with Crippen LogP contribution in [0.5, 0.6) is 0 Å². The molecule has 1 aliphatic carbocycles. The van der Waals surface area contributed by atoms with E-state index in [1.54, 1.807) is 12.1 Å². The van der Waals surface area contributed by atoms with Gasteiger partial charge in [0.1, 0.15) is 5.54 Å². The fraction of sp³-hybridized carbons (Fsp3) is 0.571. The number of nitrogens with one attached hydrogen (secondary N) is 1. The van der Waals surface area contributed by atoms with E-state index >= 15 is 0 Å². The highest BCUT2D eigenvalue weighted by Gasteiger charge is 2.55. The first-order valence-corrected chi connectivity index (χ1v) is 9.43. The van der Waals surface area contributed by atoms with E-state index in [2.05, 4.69) is 26.1 Å². The predicted molar refractivity (Wildman–Crippen MR) is 100 cm³/mol. The summed E-state index contributed by atoms with van der Waals surface area (Å²) in [6.07, 6.45) is 3.57. The molecule has 140 valence electrons. The molecular weight excluding hydrogens is 328 g/mol. The van der Waals surface area contributed by atoms with E-state index in [0.717, 1.165) is 29.7 Å². The van der Waals surface area contributed by atoms with E-state index in [9.17, 15) is 14.4 Å². The molecule has 2 aliphatic rings. The third kappa shape index (κ3) is 3.15. The number of benzene rings is 1. The summed E-state index contributed by atoms with van der Waals surface area (Å²) in [6, 6.07) is 6.98. The first-order valence-electron chi connectivity index (χ1n) is 9.43. The number of carbonyl (C=O) groups is 3. The van der Waals surface area contributed by atoms with Crippen LogP contribution in [-0.4, -0.2) is 34.7 Å². The van der Waals surface area contributed by atoms with Gasteiger partial charge in [0.15, 0.2) is 5.78 Å². The molecule has 1 N–H and O–H groups in total. The zero-order valence-corrected chi connectivity index (χ0v) is 16.1. The molecule has 3 rings (SSSR count). The van der Waals surface area contributed by atoms with Crippen LogP contribution in [-0.2, 0) is 10.2 Å². The van der Waals surface area contributed by atoms with Crippen LogP contribution in [0, 0.1) is 5.92 Å². The highest BCUT2D eigenvalue weighted by Crippen LogP contribution is 2.38. The summed E-state index contributed by atoms with van der Waals surface area (Å²) in [5, 5.41) is 2.89. The molecule has 1 saturated heterocycles. The van der Waals surface area contributed by atoms with E-state index < -0.39 is 11.6 Å². The largest absolute Gasteiger partial charge is 0.325 e. The summed E-state index contributed by atoms with van der Waals surface area (Å²) in [4.78, 5) is 39.1. The van der Waals surface area contributed by atoms with Crippen molar-refractivity contribution in [2.45, 2.75) is 64.3 Å². The second-order valence-corrected chi connectivity index (χ2v) is 8.69. The Morgan fingerprint density at radius 1 is 1.19 bits per heavy atom.